The van der Waals surface area contributed by atoms with Crippen molar-refractivity contribution in [3.05, 3.63) is 82.8 Å². The van der Waals surface area contributed by atoms with Crippen molar-refractivity contribution in [3.63, 3.8) is 0 Å². The van der Waals surface area contributed by atoms with E-state index >= 15 is 0 Å². The highest BCUT2D eigenvalue weighted by Gasteiger charge is 2.24. The van der Waals surface area contributed by atoms with Crippen LogP contribution < -0.4 is 0 Å². The molecule has 0 spiro atoms. The van der Waals surface area contributed by atoms with Crippen molar-refractivity contribution < 1.29 is 4.74 Å². The van der Waals surface area contributed by atoms with Gasteiger partial charge in [-0.25, -0.2) is 0 Å². The first-order valence-corrected chi connectivity index (χ1v) is 10.0. The maximum Gasteiger partial charge on any atom is 0.0735 e. The summed E-state index contributed by atoms with van der Waals surface area (Å²) in [6.45, 7) is 5.44. The van der Waals surface area contributed by atoms with Gasteiger partial charge in [-0.2, -0.15) is 0 Å². The van der Waals surface area contributed by atoms with E-state index in [4.69, 9.17) is 21.3 Å². The van der Waals surface area contributed by atoms with Crippen molar-refractivity contribution in [2.45, 2.75) is 19.4 Å². The highest BCUT2D eigenvalue weighted by atomic mass is 35.5. The van der Waals surface area contributed by atoms with Gasteiger partial charge < -0.3 is 4.74 Å². The Morgan fingerprint density at radius 1 is 1.11 bits per heavy atom. The number of ether oxygens (including phenoxy) is 1. The van der Waals surface area contributed by atoms with Crippen LogP contribution in [0.4, 0.5) is 0 Å². The van der Waals surface area contributed by atoms with Gasteiger partial charge in [0.15, 0.2) is 0 Å². The van der Waals surface area contributed by atoms with E-state index < -0.39 is 0 Å². The molecule has 1 aromatic carbocycles. The van der Waals surface area contributed by atoms with Crippen molar-refractivity contribution >= 4 is 11.6 Å². The molecule has 1 atom stereocenters. The molecule has 3 aromatic rings. The zero-order valence-electron chi connectivity index (χ0n) is 16.0. The second kappa shape index (κ2) is 8.82. The summed E-state index contributed by atoms with van der Waals surface area (Å²) in [6, 6.07) is 14.7. The van der Waals surface area contributed by atoms with Crippen molar-refractivity contribution in [1.29, 1.82) is 0 Å². The monoisotopic (exact) mass is 393 g/mol. The molecule has 5 heteroatoms. The first kappa shape index (κ1) is 19.1. The SMILES string of the molecule is Cc1cc(Cl)cc(-c2ncccc2CC(c2cccnc2)N2CCOCC2)c1. The summed E-state index contributed by atoms with van der Waals surface area (Å²) in [4.78, 5) is 11.5. The Bertz CT molecular complexity index is 906. The number of nitrogens with zero attached hydrogens (tertiary/aromatic N) is 3. The third kappa shape index (κ3) is 4.41. The highest BCUT2D eigenvalue weighted by molar-refractivity contribution is 6.30. The van der Waals surface area contributed by atoms with Crippen LogP contribution in [0.2, 0.25) is 5.02 Å². The second-order valence-corrected chi connectivity index (χ2v) is 7.62. The Labute approximate surface area is 171 Å². The smallest absolute Gasteiger partial charge is 0.0735 e. The lowest BCUT2D eigenvalue weighted by Crippen LogP contribution is -2.40. The topological polar surface area (TPSA) is 38.2 Å². The summed E-state index contributed by atoms with van der Waals surface area (Å²) >= 11 is 6.32. The summed E-state index contributed by atoms with van der Waals surface area (Å²) in [7, 11) is 0. The number of morpholine rings is 1. The number of hydrogen-bond donors (Lipinski definition) is 0. The summed E-state index contributed by atoms with van der Waals surface area (Å²) in [5, 5.41) is 0.739. The Morgan fingerprint density at radius 3 is 2.68 bits per heavy atom. The predicted molar refractivity (Wildman–Crippen MR) is 112 cm³/mol. The first-order valence-electron chi connectivity index (χ1n) is 9.64. The minimum atomic E-state index is 0.237. The van der Waals surface area contributed by atoms with Crippen LogP contribution in [-0.2, 0) is 11.2 Å². The summed E-state index contributed by atoms with van der Waals surface area (Å²) in [6.07, 6.45) is 6.51. The molecule has 2 aromatic heterocycles. The normalized spacial score (nSPS) is 16.1. The Hall–Kier alpha value is -2.27. The van der Waals surface area contributed by atoms with Crippen LogP contribution in [0.15, 0.2) is 61.1 Å². The molecule has 0 radical (unpaired) electrons. The Kier molecular flexibility index (Phi) is 6.01. The van der Waals surface area contributed by atoms with Crippen LogP contribution in [0.5, 0.6) is 0 Å². The average Bonchev–Trinajstić information content (AvgIpc) is 2.73. The maximum absolute atomic E-state index is 6.32. The van der Waals surface area contributed by atoms with Crippen molar-refractivity contribution in [1.82, 2.24) is 14.9 Å². The number of aromatic nitrogens is 2. The third-order valence-electron chi connectivity index (χ3n) is 5.18. The minimum absolute atomic E-state index is 0.237. The number of rotatable bonds is 5. The molecule has 0 amide bonds. The molecule has 1 aliphatic heterocycles. The molecule has 1 saturated heterocycles. The molecule has 0 aliphatic carbocycles. The van der Waals surface area contributed by atoms with Gasteiger partial charge in [-0.15, -0.1) is 0 Å². The number of hydrogen-bond acceptors (Lipinski definition) is 4. The lowest BCUT2D eigenvalue weighted by atomic mass is 9.94. The van der Waals surface area contributed by atoms with Crippen LogP contribution in [0, 0.1) is 6.92 Å². The molecule has 3 heterocycles. The molecule has 0 N–H and O–H groups in total. The number of benzene rings is 1. The fourth-order valence-corrected chi connectivity index (χ4v) is 4.15. The van der Waals surface area contributed by atoms with Gasteiger partial charge in [0.1, 0.15) is 0 Å². The van der Waals surface area contributed by atoms with Gasteiger partial charge in [-0.1, -0.05) is 23.7 Å². The molecule has 0 saturated carbocycles. The number of aryl methyl sites for hydroxylation is 1. The van der Waals surface area contributed by atoms with Crippen LogP contribution in [0.3, 0.4) is 0 Å². The molecule has 1 fully saturated rings. The van der Waals surface area contributed by atoms with E-state index in [1.54, 1.807) is 0 Å². The van der Waals surface area contributed by atoms with Crippen molar-refractivity contribution in [2.75, 3.05) is 26.3 Å². The predicted octanol–water partition coefficient (Wildman–Crippen LogP) is 4.72. The molecule has 1 unspecified atom stereocenters. The van der Waals surface area contributed by atoms with Crippen LogP contribution in [0.25, 0.3) is 11.3 Å². The quantitative estimate of drug-likeness (QED) is 0.628. The van der Waals surface area contributed by atoms with Gasteiger partial charge >= 0.3 is 0 Å². The molecule has 1 aliphatic rings. The zero-order chi connectivity index (χ0) is 19.3. The van der Waals surface area contributed by atoms with E-state index in [2.05, 4.69) is 35.0 Å². The van der Waals surface area contributed by atoms with Gasteiger partial charge in [0.2, 0.25) is 0 Å². The highest BCUT2D eigenvalue weighted by Crippen LogP contribution is 2.31. The second-order valence-electron chi connectivity index (χ2n) is 7.18. The van der Waals surface area contributed by atoms with E-state index in [1.165, 1.54) is 11.1 Å². The van der Waals surface area contributed by atoms with E-state index in [1.807, 2.05) is 42.9 Å². The summed E-state index contributed by atoms with van der Waals surface area (Å²) in [5.41, 5.74) is 5.63. The third-order valence-corrected chi connectivity index (χ3v) is 5.39. The standard InChI is InChI=1S/C23H24ClN3O/c1-17-12-20(14-21(24)13-17)23-18(4-3-7-26-23)15-22(19-5-2-6-25-16-19)27-8-10-28-11-9-27/h2-7,12-14,16,22H,8-11,15H2,1H3. The molecule has 144 valence electrons. The van der Waals surface area contributed by atoms with E-state index in [9.17, 15) is 0 Å². The van der Waals surface area contributed by atoms with Gasteiger partial charge in [-0.05, 0) is 60.4 Å². The van der Waals surface area contributed by atoms with Gasteiger partial charge in [0.25, 0.3) is 0 Å². The fraction of sp³-hybridized carbons (Fsp3) is 0.304. The Morgan fingerprint density at radius 2 is 1.93 bits per heavy atom. The van der Waals surface area contributed by atoms with E-state index in [-0.39, 0.29) is 6.04 Å². The van der Waals surface area contributed by atoms with E-state index in [0.29, 0.717) is 0 Å². The minimum Gasteiger partial charge on any atom is -0.379 e. The summed E-state index contributed by atoms with van der Waals surface area (Å²) in [5.74, 6) is 0. The lowest BCUT2D eigenvalue weighted by molar-refractivity contribution is 0.0160. The van der Waals surface area contributed by atoms with Gasteiger partial charge in [0.05, 0.1) is 18.9 Å². The van der Waals surface area contributed by atoms with Gasteiger partial charge in [0, 0.05) is 48.3 Å². The lowest BCUT2D eigenvalue weighted by Gasteiger charge is -2.35. The largest absolute Gasteiger partial charge is 0.379 e. The molecule has 28 heavy (non-hydrogen) atoms. The van der Waals surface area contributed by atoms with Gasteiger partial charge in [-0.3, -0.25) is 14.9 Å². The molecule has 0 bridgehead atoms. The van der Waals surface area contributed by atoms with E-state index in [0.717, 1.165) is 54.6 Å². The maximum atomic E-state index is 6.32. The van der Waals surface area contributed by atoms with Crippen molar-refractivity contribution in [3.8, 4) is 11.3 Å². The molecule has 4 rings (SSSR count). The average molecular weight is 394 g/mol. The molecule has 4 nitrogen and oxygen atoms in total. The number of pyridine rings is 2. The van der Waals surface area contributed by atoms with Crippen molar-refractivity contribution in [2.24, 2.45) is 0 Å². The number of halogens is 1. The Balaban J connectivity index is 1.71. The molecular weight excluding hydrogens is 370 g/mol. The first-order chi connectivity index (χ1) is 13.7. The molecular formula is C23H24ClN3O. The van der Waals surface area contributed by atoms with Crippen LogP contribution >= 0.6 is 11.6 Å². The van der Waals surface area contributed by atoms with Crippen LogP contribution in [0.1, 0.15) is 22.7 Å². The zero-order valence-corrected chi connectivity index (χ0v) is 16.8. The summed E-state index contributed by atoms with van der Waals surface area (Å²) < 4.78 is 5.57. The van der Waals surface area contributed by atoms with Crippen LogP contribution in [-0.4, -0.2) is 41.2 Å². The fourth-order valence-electron chi connectivity index (χ4n) is 3.86.